The maximum Gasteiger partial charge on any atom is 0 e. The second-order valence-electron chi connectivity index (χ2n) is 0.415. The maximum absolute atomic E-state index is 8.80. The van der Waals surface area contributed by atoms with Crippen molar-refractivity contribution >= 4 is 45.5 Å². The van der Waals surface area contributed by atoms with E-state index in [9.17, 15) is 0 Å². The monoisotopic (exact) mass is 209 g/mol. The van der Waals surface area contributed by atoms with E-state index in [0.29, 0.717) is 0 Å². The first-order valence-corrected chi connectivity index (χ1v) is 2.67. The molecule has 0 spiro atoms. The van der Waals surface area contributed by atoms with Crippen LogP contribution >= 0.6 is 0 Å². The largest absolute Gasteiger partial charge is 0 e. The first-order valence-electron chi connectivity index (χ1n) is 0.647. The molecule has 0 aliphatic rings. The average Bonchev–Trinajstić information content (AvgIpc) is 0.722. The van der Waals surface area contributed by atoms with Crippen molar-refractivity contribution in [2.24, 2.45) is 0 Å². The van der Waals surface area contributed by atoms with Gasteiger partial charge in [-0.2, -0.15) is 0 Å². The summed E-state index contributed by atoms with van der Waals surface area (Å²) in [5.74, 6) is 0. The van der Waals surface area contributed by atoms with E-state index in [4.69, 9.17) is 16.0 Å². The van der Waals surface area contributed by atoms with Gasteiger partial charge in [0.1, 0.15) is 0 Å². The van der Waals surface area contributed by atoms with Crippen molar-refractivity contribution in [3.8, 4) is 0 Å². The van der Waals surface area contributed by atoms with Crippen LogP contribution in [0.5, 0.6) is 0 Å². The summed E-state index contributed by atoms with van der Waals surface area (Å²) in [5, 5.41) is 0. The molecular formula is H2MnO4Sr. The van der Waals surface area contributed by atoms with Gasteiger partial charge in [-0.15, -0.1) is 0 Å². The third-order valence-corrected chi connectivity index (χ3v) is 0. The molecular weight excluding hydrogens is 207 g/mol. The third-order valence-electron chi connectivity index (χ3n) is 0. The fourth-order valence-electron chi connectivity index (χ4n) is 0. The van der Waals surface area contributed by atoms with Crippen LogP contribution in [0.1, 0.15) is 0 Å². The van der Waals surface area contributed by atoms with E-state index in [1.54, 1.807) is 0 Å². The molecule has 0 fully saturated rings. The Morgan fingerprint density at radius 2 is 1.17 bits per heavy atom. The number of rotatable bonds is 0. The smallest absolute Gasteiger partial charge is 0 e. The number of hydrogen-bond acceptors (Lipinski definition) is 2. The molecule has 0 bridgehead atoms. The summed E-state index contributed by atoms with van der Waals surface area (Å²) in [6, 6.07) is 0. The molecule has 0 saturated carbocycles. The molecule has 2 N–H and O–H groups in total. The standard InChI is InChI=1S/Mn.2H2O.2O.Sr/h;2*1H2;;;/q+2;;;;;/p-2. The van der Waals surface area contributed by atoms with Gasteiger partial charge in [0.15, 0.2) is 0 Å². The predicted octanol–water partition coefficient (Wildman–Crippen LogP) is -1.73. The van der Waals surface area contributed by atoms with Crippen molar-refractivity contribution in [1.29, 1.82) is 0 Å². The molecule has 2 radical (unpaired) electrons. The molecule has 0 aromatic carbocycles. The van der Waals surface area contributed by atoms with Crippen LogP contribution in [0.4, 0.5) is 0 Å². The normalized spacial score (nSPS) is 9.67. The van der Waals surface area contributed by atoms with E-state index < -0.39 is 13.4 Å². The Labute approximate surface area is 73.7 Å². The molecule has 0 saturated heterocycles. The van der Waals surface area contributed by atoms with E-state index in [1.165, 1.54) is 0 Å². The summed E-state index contributed by atoms with van der Waals surface area (Å²) >= 11 is -5.12. The molecule has 0 aromatic rings. The van der Waals surface area contributed by atoms with Crippen molar-refractivity contribution < 1.29 is 29.4 Å². The minimum absolute atomic E-state index is 0. The van der Waals surface area contributed by atoms with Crippen LogP contribution in [0.2, 0.25) is 0 Å². The van der Waals surface area contributed by atoms with Crippen LogP contribution < -0.4 is 0 Å². The Morgan fingerprint density at radius 3 is 1.17 bits per heavy atom. The SMILES string of the molecule is [O]=[Mn](=[O])([OH])[OH].[Sr]. The molecule has 0 amide bonds. The van der Waals surface area contributed by atoms with E-state index in [2.05, 4.69) is 0 Å². The van der Waals surface area contributed by atoms with E-state index >= 15 is 0 Å². The molecule has 0 heterocycles. The molecule has 0 aliphatic heterocycles. The van der Waals surface area contributed by atoms with Crippen molar-refractivity contribution in [2.75, 3.05) is 0 Å². The van der Waals surface area contributed by atoms with Crippen LogP contribution in [0.3, 0.4) is 0 Å². The van der Waals surface area contributed by atoms with Crippen molar-refractivity contribution in [1.82, 2.24) is 0 Å². The van der Waals surface area contributed by atoms with Crippen LogP contribution in [-0.4, -0.2) is 53.9 Å². The zero-order valence-corrected chi connectivity index (χ0v) is 7.45. The predicted molar refractivity (Wildman–Crippen MR) is 11.6 cm³/mol. The Balaban J connectivity index is 0. The fraction of sp³-hybridized carbons (Fsp3) is 0. The van der Waals surface area contributed by atoms with Crippen molar-refractivity contribution in [3.05, 3.63) is 0 Å². The minimum atomic E-state index is -5.12. The second-order valence-corrected chi connectivity index (χ2v) is 1.71. The zero-order chi connectivity index (χ0) is 4.50. The van der Waals surface area contributed by atoms with E-state index in [1.807, 2.05) is 0 Å². The maximum atomic E-state index is 8.80. The Hall–Kier alpha value is 1.52. The van der Waals surface area contributed by atoms with Crippen LogP contribution in [0, 0.1) is 0 Å². The summed E-state index contributed by atoms with van der Waals surface area (Å²) in [6.45, 7) is 0. The Kier molecular flexibility index (Phi) is 6.14. The van der Waals surface area contributed by atoms with Gasteiger partial charge in [0.25, 0.3) is 0 Å². The van der Waals surface area contributed by atoms with Gasteiger partial charge >= 0.3 is 29.4 Å². The van der Waals surface area contributed by atoms with E-state index in [0.717, 1.165) is 0 Å². The molecule has 0 rings (SSSR count). The Morgan fingerprint density at radius 1 is 1.17 bits per heavy atom. The second kappa shape index (κ2) is 3.51. The summed E-state index contributed by atoms with van der Waals surface area (Å²) in [7, 11) is 0. The average molecular weight is 209 g/mol. The minimum Gasteiger partial charge on any atom is 0 e. The summed E-state index contributed by atoms with van der Waals surface area (Å²) in [5.41, 5.74) is 0. The van der Waals surface area contributed by atoms with Crippen LogP contribution in [-0.2, 0) is 21.0 Å². The van der Waals surface area contributed by atoms with Gasteiger partial charge in [0.2, 0.25) is 0 Å². The first kappa shape index (κ1) is 10.5. The molecule has 4 nitrogen and oxygen atoms in total. The van der Waals surface area contributed by atoms with Crippen LogP contribution in [0.25, 0.3) is 0 Å². The molecule has 0 aliphatic carbocycles. The molecule has 0 atom stereocenters. The summed E-state index contributed by atoms with van der Waals surface area (Å²) < 4.78 is 31.8. The van der Waals surface area contributed by atoms with Crippen LogP contribution in [0.15, 0.2) is 0 Å². The number of hydrogen-bond donors (Lipinski definition) is 2. The van der Waals surface area contributed by atoms with Gasteiger partial charge in [0, 0.05) is 45.5 Å². The van der Waals surface area contributed by atoms with Gasteiger partial charge in [-0.1, -0.05) is 0 Å². The van der Waals surface area contributed by atoms with Gasteiger partial charge in [-0.3, -0.25) is 0 Å². The van der Waals surface area contributed by atoms with Crippen molar-refractivity contribution in [3.63, 3.8) is 0 Å². The zero-order valence-electron chi connectivity index (χ0n) is 2.80. The summed E-state index contributed by atoms with van der Waals surface area (Å²) in [6.07, 6.45) is 0. The van der Waals surface area contributed by atoms with Gasteiger partial charge in [-0.05, 0) is 0 Å². The van der Waals surface area contributed by atoms with Crippen molar-refractivity contribution in [2.45, 2.75) is 0 Å². The third kappa shape index (κ3) is 48.8. The first-order chi connectivity index (χ1) is 2.00. The Bertz CT molecular complexity index is 90.7. The van der Waals surface area contributed by atoms with Gasteiger partial charge in [-0.25, -0.2) is 0 Å². The van der Waals surface area contributed by atoms with Gasteiger partial charge in [0.05, 0.1) is 0 Å². The fourth-order valence-corrected chi connectivity index (χ4v) is 0. The molecule has 35 valence electrons. The topological polar surface area (TPSA) is 74.6 Å². The molecule has 0 aromatic heterocycles. The molecule has 6 heteroatoms. The summed E-state index contributed by atoms with van der Waals surface area (Å²) in [4.78, 5) is 0. The molecule has 6 heavy (non-hydrogen) atoms. The quantitative estimate of drug-likeness (QED) is 0.464. The van der Waals surface area contributed by atoms with Gasteiger partial charge < -0.3 is 0 Å². The van der Waals surface area contributed by atoms with E-state index in [-0.39, 0.29) is 45.5 Å². The molecule has 0 unspecified atom stereocenters.